The Hall–Kier alpha value is -2.15. The van der Waals surface area contributed by atoms with Crippen LogP contribution in [0.4, 0.5) is 0 Å². The maximum Gasteiger partial charge on any atom is 0.216 e. The number of nitrogens with zero attached hydrogens (tertiary/aromatic N) is 3. The lowest BCUT2D eigenvalue weighted by Crippen LogP contribution is -2.05. The quantitative estimate of drug-likeness (QED) is 0.489. The molecule has 0 unspecified atom stereocenters. The van der Waals surface area contributed by atoms with Crippen molar-refractivity contribution in [2.45, 2.75) is 13.5 Å². The Morgan fingerprint density at radius 3 is 2.64 bits per heavy atom. The number of aromatic nitrogens is 3. The van der Waals surface area contributed by atoms with Crippen LogP contribution >= 0.6 is 35.4 Å². The Morgan fingerprint density at radius 1 is 1.20 bits per heavy atom. The van der Waals surface area contributed by atoms with Crippen LogP contribution in [0.3, 0.4) is 0 Å². The largest absolute Gasteiger partial charge is 0.482 e. The minimum absolute atomic E-state index is 0.113. The van der Waals surface area contributed by atoms with Crippen molar-refractivity contribution in [2.24, 2.45) is 5.10 Å². The Labute approximate surface area is 159 Å². The number of aryl methyl sites for hydroxylation is 1. The fourth-order valence-corrected chi connectivity index (χ4v) is 2.85. The Balaban J connectivity index is 1.83. The van der Waals surface area contributed by atoms with Crippen LogP contribution in [0.2, 0.25) is 10.0 Å². The molecule has 0 radical (unpaired) electrons. The van der Waals surface area contributed by atoms with E-state index in [1.165, 1.54) is 4.68 Å². The highest BCUT2D eigenvalue weighted by Crippen LogP contribution is 2.32. The molecule has 1 heterocycles. The molecule has 3 rings (SSSR count). The lowest BCUT2D eigenvalue weighted by molar-refractivity contribution is 0.291. The molecule has 0 spiro atoms. The molecule has 5 nitrogen and oxygen atoms in total. The molecule has 0 fully saturated rings. The topological polar surface area (TPSA) is 55.2 Å². The van der Waals surface area contributed by atoms with Crippen LogP contribution in [-0.4, -0.2) is 21.1 Å². The zero-order valence-corrected chi connectivity index (χ0v) is 15.6. The van der Waals surface area contributed by atoms with Gasteiger partial charge in [0, 0.05) is 0 Å². The van der Waals surface area contributed by atoms with Gasteiger partial charge in [-0.1, -0.05) is 53.5 Å². The van der Waals surface area contributed by atoms with Gasteiger partial charge in [0.05, 0.1) is 16.3 Å². The van der Waals surface area contributed by atoms with Gasteiger partial charge in [-0.15, -0.1) is 0 Å². The Morgan fingerprint density at radius 2 is 1.92 bits per heavy atom. The maximum absolute atomic E-state index is 6.10. The second kappa shape index (κ2) is 7.82. The number of halogens is 2. The minimum Gasteiger partial charge on any atom is -0.482 e. The van der Waals surface area contributed by atoms with Gasteiger partial charge in [-0.3, -0.25) is 0 Å². The van der Waals surface area contributed by atoms with Gasteiger partial charge in [-0.25, -0.2) is 5.10 Å². The zero-order chi connectivity index (χ0) is 17.8. The molecule has 25 heavy (non-hydrogen) atoms. The fraction of sp³-hybridized carbons (Fsp3) is 0.118. The van der Waals surface area contributed by atoms with E-state index < -0.39 is 0 Å². The number of aromatic amines is 1. The summed E-state index contributed by atoms with van der Waals surface area (Å²) in [6, 6.07) is 13.1. The molecule has 0 saturated carbocycles. The van der Waals surface area contributed by atoms with E-state index in [2.05, 4.69) is 15.3 Å². The number of hydrogen-bond acceptors (Lipinski definition) is 4. The molecule has 128 valence electrons. The van der Waals surface area contributed by atoms with Crippen LogP contribution in [0.15, 0.2) is 47.6 Å². The summed E-state index contributed by atoms with van der Waals surface area (Å²) in [5, 5.41) is 12.1. The zero-order valence-electron chi connectivity index (χ0n) is 13.2. The van der Waals surface area contributed by atoms with Crippen LogP contribution in [0.1, 0.15) is 17.0 Å². The van der Waals surface area contributed by atoms with E-state index in [9.17, 15) is 0 Å². The van der Waals surface area contributed by atoms with Crippen molar-refractivity contribution in [3.8, 4) is 5.75 Å². The second-order valence-corrected chi connectivity index (χ2v) is 6.40. The summed E-state index contributed by atoms with van der Waals surface area (Å²) < 4.78 is 7.57. The average Bonchev–Trinajstić information content (AvgIpc) is 2.94. The number of para-hydroxylation sites is 1. The van der Waals surface area contributed by atoms with Crippen LogP contribution in [0.25, 0.3) is 0 Å². The summed E-state index contributed by atoms with van der Waals surface area (Å²) in [6.07, 6.45) is 1.73. The predicted molar refractivity (Wildman–Crippen MR) is 102 cm³/mol. The number of benzene rings is 2. The van der Waals surface area contributed by atoms with Gasteiger partial charge < -0.3 is 4.74 Å². The van der Waals surface area contributed by atoms with Crippen LogP contribution < -0.4 is 4.74 Å². The highest BCUT2D eigenvalue weighted by atomic mass is 35.5. The summed E-state index contributed by atoms with van der Waals surface area (Å²) in [4.78, 5) is 0. The van der Waals surface area contributed by atoms with Crippen molar-refractivity contribution in [3.05, 3.63) is 74.2 Å². The molecular formula is C17H14Cl2N4OS. The highest BCUT2D eigenvalue weighted by Gasteiger charge is 2.10. The number of nitrogens with one attached hydrogen (secondary N) is 1. The fourth-order valence-electron chi connectivity index (χ4n) is 2.15. The molecule has 3 aromatic rings. The highest BCUT2D eigenvalue weighted by molar-refractivity contribution is 7.71. The molecule has 2 aromatic carbocycles. The molecule has 0 aliphatic rings. The van der Waals surface area contributed by atoms with Crippen LogP contribution in [0, 0.1) is 11.7 Å². The average molecular weight is 393 g/mol. The number of ether oxygens (including phenoxy) is 1. The maximum atomic E-state index is 6.10. The van der Waals surface area contributed by atoms with Gasteiger partial charge in [-0.2, -0.15) is 14.9 Å². The van der Waals surface area contributed by atoms with Gasteiger partial charge in [0.15, 0.2) is 11.6 Å². The van der Waals surface area contributed by atoms with Crippen LogP contribution in [-0.2, 0) is 6.61 Å². The van der Waals surface area contributed by atoms with Crippen molar-refractivity contribution < 1.29 is 4.74 Å². The SMILES string of the molecule is Cc1ccccc1/C=N\n1c(COc2c(Cl)cccc2Cl)n[nH]c1=S. The first kappa shape index (κ1) is 17.7. The molecule has 0 atom stereocenters. The van der Waals surface area contributed by atoms with Crippen molar-refractivity contribution in [1.29, 1.82) is 0 Å². The summed E-state index contributed by atoms with van der Waals surface area (Å²) in [5.41, 5.74) is 2.11. The molecule has 0 amide bonds. The van der Waals surface area contributed by atoms with Crippen molar-refractivity contribution in [2.75, 3.05) is 0 Å². The lowest BCUT2D eigenvalue weighted by Gasteiger charge is -2.09. The van der Waals surface area contributed by atoms with Gasteiger partial charge in [0.25, 0.3) is 0 Å². The van der Waals surface area contributed by atoms with Crippen molar-refractivity contribution in [1.82, 2.24) is 14.9 Å². The molecule has 8 heteroatoms. The second-order valence-electron chi connectivity index (χ2n) is 5.20. The number of H-pyrrole nitrogens is 1. The molecule has 0 aliphatic carbocycles. The summed E-state index contributed by atoms with van der Waals surface area (Å²) in [6.45, 7) is 2.13. The van der Waals surface area contributed by atoms with Gasteiger partial charge in [-0.05, 0) is 42.4 Å². The number of rotatable bonds is 5. The minimum atomic E-state index is 0.113. The van der Waals surface area contributed by atoms with E-state index in [4.69, 9.17) is 40.2 Å². The van der Waals surface area contributed by atoms with E-state index >= 15 is 0 Å². The normalized spacial score (nSPS) is 11.2. The molecular weight excluding hydrogens is 379 g/mol. The van der Waals surface area contributed by atoms with Gasteiger partial charge >= 0.3 is 0 Å². The monoisotopic (exact) mass is 392 g/mol. The molecule has 1 N–H and O–H groups in total. The first-order chi connectivity index (χ1) is 12.1. The van der Waals surface area contributed by atoms with E-state index in [1.807, 2.05) is 31.2 Å². The molecule has 1 aromatic heterocycles. The third-order valence-electron chi connectivity index (χ3n) is 3.48. The van der Waals surface area contributed by atoms with Gasteiger partial charge in [0.2, 0.25) is 4.77 Å². The first-order valence-corrected chi connectivity index (χ1v) is 8.56. The standard InChI is InChI=1S/C17H14Cl2N4OS/c1-11-5-2-3-6-12(11)9-20-23-15(21-22-17(23)25)10-24-16-13(18)7-4-8-14(16)19/h2-9H,10H2,1H3,(H,22,25)/b20-9-. The Kier molecular flexibility index (Phi) is 5.53. The van der Waals surface area contributed by atoms with Crippen molar-refractivity contribution in [3.63, 3.8) is 0 Å². The van der Waals surface area contributed by atoms with Crippen LogP contribution in [0.5, 0.6) is 5.75 Å². The van der Waals surface area contributed by atoms with E-state index in [0.717, 1.165) is 11.1 Å². The summed E-state index contributed by atoms with van der Waals surface area (Å²) in [5.74, 6) is 0.903. The smallest absolute Gasteiger partial charge is 0.216 e. The molecule has 0 saturated heterocycles. The first-order valence-electron chi connectivity index (χ1n) is 7.39. The van der Waals surface area contributed by atoms with E-state index in [1.54, 1.807) is 24.4 Å². The predicted octanol–water partition coefficient (Wildman–Crippen LogP) is 5.02. The third-order valence-corrected chi connectivity index (χ3v) is 4.34. The van der Waals surface area contributed by atoms with E-state index in [-0.39, 0.29) is 6.61 Å². The summed E-state index contributed by atoms with van der Waals surface area (Å²) in [7, 11) is 0. The Bertz CT molecular complexity index is 961. The molecule has 0 aliphatic heterocycles. The van der Waals surface area contributed by atoms with E-state index in [0.29, 0.717) is 26.4 Å². The third kappa shape index (κ3) is 4.10. The lowest BCUT2D eigenvalue weighted by atomic mass is 10.1. The number of hydrogen-bond donors (Lipinski definition) is 1. The van der Waals surface area contributed by atoms with Gasteiger partial charge in [0.1, 0.15) is 6.61 Å². The van der Waals surface area contributed by atoms with Crippen molar-refractivity contribution >= 4 is 41.6 Å². The molecule has 0 bridgehead atoms. The summed E-state index contributed by atoms with van der Waals surface area (Å²) >= 11 is 17.4.